The van der Waals surface area contributed by atoms with E-state index < -0.39 is 5.91 Å². The van der Waals surface area contributed by atoms with Crippen LogP contribution in [-0.2, 0) is 0 Å². The molecule has 1 amide bonds. The Kier molecular flexibility index (Phi) is 4.29. The molecule has 3 rings (SSSR count). The van der Waals surface area contributed by atoms with E-state index in [1.54, 1.807) is 36.4 Å². The number of carbonyl (C=O) groups is 2. The lowest BCUT2D eigenvalue weighted by molar-refractivity contribution is 0.102. The minimum Gasteiger partial charge on any atom is -0.382 e. The average Bonchev–Trinajstić information content (AvgIpc) is 2.63. The number of nitrogens with zero attached hydrogens (tertiary/aromatic N) is 2. The monoisotopic (exact) mass is 318 g/mol. The topological polar surface area (TPSA) is 98.0 Å². The lowest BCUT2D eigenvalue weighted by atomic mass is 10.1. The molecule has 0 aliphatic carbocycles. The largest absolute Gasteiger partial charge is 0.382 e. The van der Waals surface area contributed by atoms with Gasteiger partial charge >= 0.3 is 0 Å². The first-order chi connectivity index (χ1) is 11.7. The highest BCUT2D eigenvalue weighted by molar-refractivity contribution is 6.05. The molecule has 3 aromatic rings. The van der Waals surface area contributed by atoms with E-state index in [9.17, 15) is 9.59 Å². The molecule has 0 unspecified atom stereocenters. The van der Waals surface area contributed by atoms with Crippen molar-refractivity contribution in [3.05, 3.63) is 72.1 Å². The van der Waals surface area contributed by atoms with Gasteiger partial charge in [0, 0.05) is 16.8 Å². The van der Waals surface area contributed by atoms with Gasteiger partial charge in [0.2, 0.25) is 0 Å². The molecule has 1 heterocycles. The van der Waals surface area contributed by atoms with Crippen molar-refractivity contribution in [1.82, 2.24) is 9.97 Å². The highest BCUT2D eigenvalue weighted by atomic mass is 16.2. The molecule has 1 aromatic heterocycles. The molecule has 2 aromatic carbocycles. The quantitative estimate of drug-likeness (QED) is 0.721. The molecule has 0 bridgehead atoms. The number of nitrogens with one attached hydrogen (secondary N) is 1. The van der Waals surface area contributed by atoms with E-state index in [4.69, 9.17) is 5.73 Å². The van der Waals surface area contributed by atoms with Crippen LogP contribution < -0.4 is 11.1 Å². The summed E-state index contributed by atoms with van der Waals surface area (Å²) in [5, 5.41) is 2.73. The van der Waals surface area contributed by atoms with Crippen molar-refractivity contribution in [3.63, 3.8) is 0 Å². The van der Waals surface area contributed by atoms with Gasteiger partial charge in [-0.2, -0.15) is 0 Å². The van der Waals surface area contributed by atoms with Crippen LogP contribution in [0.3, 0.4) is 0 Å². The molecule has 0 aliphatic heterocycles. The number of aromatic nitrogens is 2. The van der Waals surface area contributed by atoms with Crippen LogP contribution >= 0.6 is 0 Å². The summed E-state index contributed by atoms with van der Waals surface area (Å²) in [5.74, 6) is -0.380. The van der Waals surface area contributed by atoms with Crippen LogP contribution in [0.15, 0.2) is 60.8 Å². The lowest BCUT2D eigenvalue weighted by Gasteiger charge is -2.08. The van der Waals surface area contributed by atoms with Gasteiger partial charge in [0.25, 0.3) is 5.91 Å². The van der Waals surface area contributed by atoms with E-state index in [0.717, 1.165) is 11.8 Å². The Morgan fingerprint density at radius 2 is 1.75 bits per heavy atom. The van der Waals surface area contributed by atoms with Gasteiger partial charge in [-0.05, 0) is 12.1 Å². The molecule has 0 spiro atoms. The predicted molar refractivity (Wildman–Crippen MR) is 91.7 cm³/mol. The molecular weight excluding hydrogens is 304 g/mol. The van der Waals surface area contributed by atoms with Crippen LogP contribution in [0.25, 0.3) is 11.3 Å². The first-order valence-corrected chi connectivity index (χ1v) is 7.22. The van der Waals surface area contributed by atoms with Crippen molar-refractivity contribution in [1.29, 1.82) is 0 Å². The third-order valence-corrected chi connectivity index (χ3v) is 3.39. The lowest BCUT2D eigenvalue weighted by Crippen LogP contribution is -2.17. The first-order valence-electron chi connectivity index (χ1n) is 7.22. The second-order valence-electron chi connectivity index (χ2n) is 5.05. The molecule has 6 nitrogen and oxygen atoms in total. The molecule has 24 heavy (non-hydrogen) atoms. The molecule has 0 atom stereocenters. The van der Waals surface area contributed by atoms with Crippen molar-refractivity contribution in [2.24, 2.45) is 0 Å². The third kappa shape index (κ3) is 3.27. The first kappa shape index (κ1) is 15.4. The van der Waals surface area contributed by atoms with E-state index in [2.05, 4.69) is 15.3 Å². The van der Waals surface area contributed by atoms with Crippen molar-refractivity contribution >= 4 is 23.7 Å². The average molecular weight is 318 g/mol. The van der Waals surface area contributed by atoms with E-state index >= 15 is 0 Å². The van der Waals surface area contributed by atoms with Crippen molar-refractivity contribution < 1.29 is 9.59 Å². The van der Waals surface area contributed by atoms with Crippen molar-refractivity contribution in [2.45, 2.75) is 0 Å². The Hall–Kier alpha value is -3.54. The zero-order valence-corrected chi connectivity index (χ0v) is 12.6. The summed E-state index contributed by atoms with van der Waals surface area (Å²) in [7, 11) is 0. The number of benzene rings is 2. The summed E-state index contributed by atoms with van der Waals surface area (Å²) in [4.78, 5) is 31.4. The Labute approximate surface area is 138 Å². The number of amides is 1. The molecule has 0 saturated heterocycles. The molecule has 118 valence electrons. The SMILES string of the molecule is Nc1ncc(-c2ccc(C=O)cc2)nc1C(=O)Nc1ccccc1. The summed E-state index contributed by atoms with van der Waals surface area (Å²) in [5.41, 5.74) is 8.28. The van der Waals surface area contributed by atoms with Crippen LogP contribution in [0.1, 0.15) is 20.8 Å². The van der Waals surface area contributed by atoms with Crippen molar-refractivity contribution in [3.8, 4) is 11.3 Å². The maximum atomic E-state index is 12.4. The van der Waals surface area contributed by atoms with Gasteiger partial charge in [0.1, 0.15) is 6.29 Å². The Morgan fingerprint density at radius 1 is 1.04 bits per heavy atom. The van der Waals surface area contributed by atoms with Crippen LogP contribution in [0, 0.1) is 0 Å². The zero-order chi connectivity index (χ0) is 16.9. The summed E-state index contributed by atoms with van der Waals surface area (Å²) < 4.78 is 0. The minimum atomic E-state index is -0.433. The van der Waals surface area contributed by atoms with Gasteiger partial charge in [0.15, 0.2) is 11.5 Å². The highest BCUT2D eigenvalue weighted by Crippen LogP contribution is 2.19. The molecule has 3 N–H and O–H groups in total. The molecule has 0 saturated carbocycles. The second kappa shape index (κ2) is 6.70. The number of hydrogen-bond donors (Lipinski definition) is 2. The van der Waals surface area contributed by atoms with Crippen LogP contribution in [0.2, 0.25) is 0 Å². The standard InChI is InChI=1S/C18H14N4O2/c19-17-16(18(24)21-14-4-2-1-3-5-14)22-15(10-20-17)13-8-6-12(11-23)7-9-13/h1-11H,(H2,19,20)(H,21,24). The van der Waals surface area contributed by atoms with E-state index in [1.807, 2.05) is 18.2 Å². The van der Waals surface area contributed by atoms with Gasteiger partial charge in [-0.15, -0.1) is 0 Å². The maximum absolute atomic E-state index is 12.4. The van der Waals surface area contributed by atoms with Gasteiger partial charge < -0.3 is 11.1 Å². The summed E-state index contributed by atoms with van der Waals surface area (Å²) in [6, 6.07) is 15.8. The fourth-order valence-corrected chi connectivity index (χ4v) is 2.15. The third-order valence-electron chi connectivity index (χ3n) is 3.39. The number of carbonyl (C=O) groups excluding carboxylic acids is 2. The summed E-state index contributed by atoms with van der Waals surface area (Å²) >= 11 is 0. The normalized spacial score (nSPS) is 10.2. The number of anilines is 2. The highest BCUT2D eigenvalue weighted by Gasteiger charge is 2.15. The van der Waals surface area contributed by atoms with E-state index in [0.29, 0.717) is 16.9 Å². The molecule has 6 heteroatoms. The van der Waals surface area contributed by atoms with Crippen LogP contribution in [-0.4, -0.2) is 22.2 Å². The van der Waals surface area contributed by atoms with Crippen LogP contribution in [0.4, 0.5) is 11.5 Å². The smallest absolute Gasteiger partial charge is 0.278 e. The maximum Gasteiger partial charge on any atom is 0.278 e. The van der Waals surface area contributed by atoms with E-state index in [-0.39, 0.29) is 11.5 Å². The number of rotatable bonds is 4. The Balaban J connectivity index is 1.90. The minimum absolute atomic E-state index is 0.0517. The number of hydrogen-bond acceptors (Lipinski definition) is 5. The summed E-state index contributed by atoms with van der Waals surface area (Å²) in [6.45, 7) is 0. The predicted octanol–water partition coefficient (Wildman–Crippen LogP) is 2.79. The summed E-state index contributed by atoms with van der Waals surface area (Å²) in [6.07, 6.45) is 2.25. The second-order valence-corrected chi connectivity index (χ2v) is 5.05. The van der Waals surface area contributed by atoms with Crippen LogP contribution in [0.5, 0.6) is 0 Å². The number of nitrogens with two attached hydrogens (primary N) is 1. The number of aldehydes is 1. The zero-order valence-electron chi connectivity index (χ0n) is 12.6. The number of para-hydroxylation sites is 1. The van der Waals surface area contributed by atoms with E-state index in [1.165, 1.54) is 6.20 Å². The molecular formula is C18H14N4O2. The Bertz CT molecular complexity index is 877. The molecule has 0 radical (unpaired) electrons. The fourth-order valence-electron chi connectivity index (χ4n) is 2.15. The fraction of sp³-hybridized carbons (Fsp3) is 0. The molecule has 0 fully saturated rings. The van der Waals surface area contributed by atoms with Gasteiger partial charge in [-0.3, -0.25) is 9.59 Å². The van der Waals surface area contributed by atoms with Gasteiger partial charge in [-0.1, -0.05) is 42.5 Å². The number of nitrogen functional groups attached to an aromatic ring is 1. The van der Waals surface area contributed by atoms with Gasteiger partial charge in [-0.25, -0.2) is 9.97 Å². The molecule has 0 aliphatic rings. The van der Waals surface area contributed by atoms with Crippen molar-refractivity contribution in [2.75, 3.05) is 11.1 Å². The Morgan fingerprint density at radius 3 is 2.42 bits per heavy atom. The van der Waals surface area contributed by atoms with Gasteiger partial charge in [0.05, 0.1) is 11.9 Å².